The van der Waals surface area contributed by atoms with Crippen LogP contribution in [0.5, 0.6) is 17.2 Å². The minimum Gasteiger partial charge on any atom is -0.494 e. The summed E-state index contributed by atoms with van der Waals surface area (Å²) in [6.45, 7) is 9.52. The van der Waals surface area contributed by atoms with Crippen molar-refractivity contribution < 1.29 is 38.3 Å². The molecule has 0 saturated heterocycles. The van der Waals surface area contributed by atoms with Crippen molar-refractivity contribution in [1.29, 1.82) is 0 Å². The zero-order valence-corrected chi connectivity index (χ0v) is 38.3. The smallest absolute Gasteiger partial charge is 0.330 e. The van der Waals surface area contributed by atoms with E-state index in [4.69, 9.17) is 38.5 Å². The predicted molar refractivity (Wildman–Crippen MR) is 252 cm³/mol. The van der Waals surface area contributed by atoms with Gasteiger partial charge in [-0.3, -0.25) is 0 Å². The predicted octanol–water partition coefficient (Wildman–Crippen LogP) is 11.1. The minimum atomic E-state index is -0.866. The molecule has 1 aromatic heterocycles. The van der Waals surface area contributed by atoms with E-state index in [9.17, 15) is 9.90 Å². The number of benzene rings is 3. The lowest BCUT2D eigenvalue weighted by Gasteiger charge is -2.31. The van der Waals surface area contributed by atoms with Gasteiger partial charge in [-0.15, -0.1) is 0 Å². The number of anilines is 1. The van der Waals surface area contributed by atoms with Crippen LogP contribution in [0.4, 0.5) is 5.13 Å². The van der Waals surface area contributed by atoms with Crippen molar-refractivity contribution in [3.8, 4) is 17.2 Å². The molecule has 1 N–H and O–H groups in total. The number of esters is 1. The first-order chi connectivity index (χ1) is 30.9. The van der Waals surface area contributed by atoms with Crippen molar-refractivity contribution in [2.45, 2.75) is 109 Å². The van der Waals surface area contributed by atoms with Gasteiger partial charge in [-0.05, 0) is 149 Å². The van der Waals surface area contributed by atoms with Crippen LogP contribution < -0.4 is 19.2 Å². The highest BCUT2D eigenvalue weighted by Crippen LogP contribution is 2.40. The zero-order valence-electron chi connectivity index (χ0n) is 37.5. The fourth-order valence-corrected chi connectivity index (χ4v) is 9.63. The Hall–Kier alpha value is -4.49. The second-order valence-electron chi connectivity index (χ2n) is 16.9. The molecule has 342 valence electrons. The third kappa shape index (κ3) is 15.6. The number of methoxy groups -OCH3 is 1. The molecule has 0 bridgehead atoms. The van der Waals surface area contributed by atoms with Crippen LogP contribution >= 0.6 is 11.3 Å². The van der Waals surface area contributed by atoms with E-state index in [0.717, 1.165) is 89.7 Å². The van der Waals surface area contributed by atoms with Crippen molar-refractivity contribution in [2.75, 3.05) is 58.3 Å². The molecule has 3 aromatic carbocycles. The Kier molecular flexibility index (Phi) is 20.1. The van der Waals surface area contributed by atoms with Gasteiger partial charge in [0, 0.05) is 24.7 Å². The first kappa shape index (κ1) is 48.0. The molecule has 0 spiro atoms. The molecule has 1 unspecified atom stereocenters. The third-order valence-electron chi connectivity index (χ3n) is 12.3. The van der Waals surface area contributed by atoms with Gasteiger partial charge in [-0.25, -0.2) is 14.8 Å². The summed E-state index contributed by atoms with van der Waals surface area (Å²) in [6, 6.07) is 22.3. The number of ether oxygens (including phenoxy) is 6. The molecule has 2 fully saturated rings. The van der Waals surface area contributed by atoms with Gasteiger partial charge in [0.05, 0.1) is 62.6 Å². The number of unbranched alkanes of at least 4 members (excludes halogenated alkanes) is 3. The molecule has 1 atom stereocenters. The van der Waals surface area contributed by atoms with E-state index in [2.05, 4.69) is 37.8 Å². The van der Waals surface area contributed by atoms with E-state index >= 15 is 0 Å². The number of hydrogen-bond donors (Lipinski definition) is 1. The number of aliphatic hydroxyl groups is 1. The molecule has 6 rings (SSSR count). The van der Waals surface area contributed by atoms with Crippen molar-refractivity contribution >= 4 is 38.9 Å². The number of aliphatic hydroxyl groups excluding tert-OH is 1. The monoisotopic (exact) mass is 883 g/mol. The molecule has 0 aliphatic heterocycles. The Bertz CT molecular complexity index is 1940. The highest BCUT2D eigenvalue weighted by atomic mass is 32.1. The molecule has 11 nitrogen and oxygen atoms in total. The van der Waals surface area contributed by atoms with Crippen molar-refractivity contribution in [2.24, 2.45) is 22.9 Å². The van der Waals surface area contributed by atoms with Gasteiger partial charge in [-0.1, -0.05) is 55.9 Å². The van der Waals surface area contributed by atoms with E-state index in [1.165, 1.54) is 50.2 Å². The SMILES string of the molecule is C=CC(=O)OCCCCCCOc1ccc(OC(O)C2CCC(COc3ccc(C4CCC(CCC)CC4)c(/C=N/N(CCOCCOC)c4nc5ccccc5s4)c3)CC2)cc1. The van der Waals surface area contributed by atoms with Crippen LogP contribution in [-0.4, -0.2) is 81.9 Å². The Labute approximate surface area is 378 Å². The Morgan fingerprint density at radius 3 is 2.33 bits per heavy atom. The highest BCUT2D eigenvalue weighted by Gasteiger charge is 2.29. The Morgan fingerprint density at radius 2 is 1.59 bits per heavy atom. The van der Waals surface area contributed by atoms with Crippen molar-refractivity contribution in [3.63, 3.8) is 0 Å². The lowest BCUT2D eigenvalue weighted by atomic mass is 9.76. The van der Waals surface area contributed by atoms with Crippen molar-refractivity contribution in [1.82, 2.24) is 4.98 Å². The number of nitrogens with zero attached hydrogens (tertiary/aromatic N) is 3. The van der Waals surface area contributed by atoms with Crippen LogP contribution in [0, 0.1) is 17.8 Å². The number of para-hydroxylation sites is 1. The maximum absolute atomic E-state index is 11.1. The highest BCUT2D eigenvalue weighted by molar-refractivity contribution is 7.22. The van der Waals surface area contributed by atoms with Gasteiger partial charge in [0.1, 0.15) is 17.2 Å². The van der Waals surface area contributed by atoms with Crippen LogP contribution in [0.3, 0.4) is 0 Å². The number of rotatable bonds is 27. The number of carbonyl (C=O) groups is 1. The zero-order chi connectivity index (χ0) is 44.1. The summed E-state index contributed by atoms with van der Waals surface area (Å²) in [6.07, 6.45) is 17.2. The first-order valence-corrected chi connectivity index (χ1v) is 24.1. The summed E-state index contributed by atoms with van der Waals surface area (Å²) in [5.74, 6) is 3.67. The topological polar surface area (TPSA) is 121 Å². The molecule has 63 heavy (non-hydrogen) atoms. The van der Waals surface area contributed by atoms with Gasteiger partial charge in [0.25, 0.3) is 0 Å². The van der Waals surface area contributed by atoms with Gasteiger partial charge in [0.15, 0.2) is 6.29 Å². The normalized spacial score (nSPS) is 19.5. The molecule has 0 radical (unpaired) electrons. The van der Waals surface area contributed by atoms with Crippen LogP contribution in [0.15, 0.2) is 84.5 Å². The summed E-state index contributed by atoms with van der Waals surface area (Å²) in [5, 5.41) is 18.9. The van der Waals surface area contributed by atoms with Crippen LogP contribution in [0.1, 0.15) is 114 Å². The molecular weight excluding hydrogens is 815 g/mol. The lowest BCUT2D eigenvalue weighted by Crippen LogP contribution is -2.31. The number of thiazole rings is 1. The molecule has 2 saturated carbocycles. The number of hydrogen-bond acceptors (Lipinski definition) is 12. The molecule has 1 heterocycles. The largest absolute Gasteiger partial charge is 0.494 e. The van der Waals surface area contributed by atoms with E-state index in [0.29, 0.717) is 63.8 Å². The third-order valence-corrected chi connectivity index (χ3v) is 13.4. The van der Waals surface area contributed by atoms with E-state index in [1.54, 1.807) is 18.4 Å². The van der Waals surface area contributed by atoms with Gasteiger partial charge >= 0.3 is 5.97 Å². The van der Waals surface area contributed by atoms with Gasteiger partial charge in [-0.2, -0.15) is 5.10 Å². The average Bonchev–Trinajstić information content (AvgIpc) is 3.75. The number of hydrazone groups is 1. The van der Waals surface area contributed by atoms with E-state index < -0.39 is 6.29 Å². The maximum atomic E-state index is 11.1. The van der Waals surface area contributed by atoms with Crippen LogP contribution in [0.25, 0.3) is 10.2 Å². The summed E-state index contributed by atoms with van der Waals surface area (Å²) >= 11 is 1.64. The maximum Gasteiger partial charge on any atom is 0.330 e. The quantitative estimate of drug-likeness (QED) is 0.0155. The Balaban J connectivity index is 1.01. The first-order valence-electron chi connectivity index (χ1n) is 23.3. The second kappa shape index (κ2) is 26.3. The van der Waals surface area contributed by atoms with Crippen LogP contribution in [0.2, 0.25) is 0 Å². The molecule has 12 heteroatoms. The summed E-state index contributed by atoms with van der Waals surface area (Å²) in [5.41, 5.74) is 3.40. The van der Waals surface area contributed by atoms with E-state index in [1.807, 2.05) is 53.7 Å². The average molecular weight is 884 g/mol. The standard InChI is InChI=1S/C51H69N3O8S/c1-4-12-38-15-19-40(20-16-38)46-28-27-45(35-42(46)36-52-54(29-32-58-34-33-57-3)51-53-47-13-8-9-14-48(47)63-51)61-37-39-17-21-41(22-18-39)50(56)62-44-25-23-43(24-26-44)59-30-10-6-7-11-31-60-49(55)5-2/h5,8-9,13-14,23-28,35-36,38-41,50,56H,2,4,6-7,10-12,15-22,29-34,37H2,1,3H3/b52-36+. The summed E-state index contributed by atoms with van der Waals surface area (Å²) in [7, 11) is 1.68. The van der Waals surface area contributed by atoms with E-state index in [-0.39, 0.29) is 11.9 Å². The van der Waals surface area contributed by atoms with Gasteiger partial charge in [0.2, 0.25) is 5.13 Å². The summed E-state index contributed by atoms with van der Waals surface area (Å²) < 4.78 is 35.6. The van der Waals surface area contributed by atoms with Crippen molar-refractivity contribution in [3.05, 3.63) is 90.5 Å². The Morgan fingerprint density at radius 1 is 0.857 bits per heavy atom. The number of fused-ring (bicyclic) bond motifs is 1. The number of aromatic nitrogens is 1. The van der Waals surface area contributed by atoms with Gasteiger partial charge < -0.3 is 33.5 Å². The molecule has 4 aromatic rings. The number of carbonyl (C=O) groups excluding carboxylic acids is 1. The molecule has 2 aliphatic rings. The second-order valence-corrected chi connectivity index (χ2v) is 17.9. The lowest BCUT2D eigenvalue weighted by molar-refractivity contribution is -0.137. The fourth-order valence-electron chi connectivity index (χ4n) is 8.68. The summed E-state index contributed by atoms with van der Waals surface area (Å²) in [4.78, 5) is 16.0. The van der Waals surface area contributed by atoms with Crippen LogP contribution in [-0.2, 0) is 19.0 Å². The molecule has 0 amide bonds. The molecule has 2 aliphatic carbocycles. The fraction of sp³-hybridized carbons (Fsp3) is 0.549. The molecular formula is C51H69N3O8S. The minimum absolute atomic E-state index is 0.0655.